The van der Waals surface area contributed by atoms with Crippen LogP contribution in [0.15, 0.2) is 18.7 Å². The van der Waals surface area contributed by atoms with E-state index in [0.29, 0.717) is 6.04 Å². The highest BCUT2D eigenvalue weighted by Crippen LogP contribution is 2.33. The Kier molecular flexibility index (Phi) is 3.03. The number of fused-ring (bicyclic) bond motifs is 1. The summed E-state index contributed by atoms with van der Waals surface area (Å²) in [5.74, 6) is 1.77. The van der Waals surface area contributed by atoms with Gasteiger partial charge in [-0.3, -0.25) is 4.40 Å². The van der Waals surface area contributed by atoms with Crippen molar-refractivity contribution in [2.24, 2.45) is 5.92 Å². The zero-order chi connectivity index (χ0) is 13.4. The Bertz CT molecular complexity index is 584. The molecule has 0 aromatic carbocycles. The fraction of sp³-hybridized carbons (Fsp3) is 0.643. The van der Waals surface area contributed by atoms with Gasteiger partial charge in [-0.2, -0.15) is 0 Å². The smallest absolute Gasteiger partial charge is 0.203 e. The van der Waals surface area contributed by atoms with E-state index in [1.807, 2.05) is 16.8 Å². The minimum absolute atomic E-state index is 0.653. The second-order valence-corrected chi connectivity index (χ2v) is 5.89. The molecule has 0 radical (unpaired) electrons. The topological polar surface area (TPSA) is 58.4 Å². The lowest BCUT2D eigenvalue weighted by Crippen LogP contribution is -2.38. The van der Waals surface area contributed by atoms with Gasteiger partial charge in [0.25, 0.3) is 0 Å². The molecule has 2 aromatic rings. The monoisotopic (exact) mass is 272 g/mol. The molecular weight excluding hydrogens is 252 g/mol. The van der Waals surface area contributed by atoms with Crippen molar-refractivity contribution in [1.29, 1.82) is 0 Å². The number of nitrogens with one attached hydrogen (secondary N) is 1. The molecule has 20 heavy (non-hydrogen) atoms. The Hall–Kier alpha value is -1.69. The fourth-order valence-electron chi connectivity index (χ4n) is 3.08. The molecule has 0 unspecified atom stereocenters. The van der Waals surface area contributed by atoms with Crippen LogP contribution >= 0.6 is 0 Å². The summed E-state index contributed by atoms with van der Waals surface area (Å²) >= 11 is 0. The summed E-state index contributed by atoms with van der Waals surface area (Å²) in [6.45, 7) is 3.39. The summed E-state index contributed by atoms with van der Waals surface area (Å²) in [6.07, 6.45) is 10.6. The first kappa shape index (κ1) is 12.1. The maximum Gasteiger partial charge on any atom is 0.203 e. The standard InChI is InChI=1S/C14H20N6/c1-2-12(1)20(9-11-3-5-15-6-4-11)13-14-18-17-10-19(14)8-7-16-13/h7-8,10-12,15H,1-6,9H2. The average Bonchev–Trinajstić information content (AvgIpc) is 3.22. The van der Waals surface area contributed by atoms with Gasteiger partial charge in [-0.1, -0.05) is 0 Å². The lowest BCUT2D eigenvalue weighted by Gasteiger charge is -2.31. The van der Waals surface area contributed by atoms with Crippen molar-refractivity contribution in [1.82, 2.24) is 24.9 Å². The zero-order valence-corrected chi connectivity index (χ0v) is 11.6. The van der Waals surface area contributed by atoms with Crippen LogP contribution in [0.1, 0.15) is 25.7 Å². The maximum atomic E-state index is 4.59. The largest absolute Gasteiger partial charge is 0.350 e. The third kappa shape index (κ3) is 2.24. The number of anilines is 1. The van der Waals surface area contributed by atoms with Gasteiger partial charge < -0.3 is 10.2 Å². The molecule has 1 aliphatic carbocycles. The molecular formula is C14H20N6. The van der Waals surface area contributed by atoms with Gasteiger partial charge >= 0.3 is 0 Å². The highest BCUT2D eigenvalue weighted by Gasteiger charge is 2.33. The number of rotatable bonds is 4. The molecule has 0 atom stereocenters. The maximum absolute atomic E-state index is 4.59. The van der Waals surface area contributed by atoms with Crippen LogP contribution < -0.4 is 10.2 Å². The van der Waals surface area contributed by atoms with E-state index < -0.39 is 0 Å². The molecule has 2 aliphatic rings. The summed E-state index contributed by atoms with van der Waals surface area (Å²) in [5, 5.41) is 11.7. The number of aromatic nitrogens is 4. The number of nitrogens with zero attached hydrogens (tertiary/aromatic N) is 5. The van der Waals surface area contributed by atoms with Crippen molar-refractivity contribution < 1.29 is 0 Å². The molecule has 0 spiro atoms. The van der Waals surface area contributed by atoms with Crippen LogP contribution in [0.4, 0.5) is 5.82 Å². The summed E-state index contributed by atoms with van der Waals surface area (Å²) in [4.78, 5) is 7.07. The van der Waals surface area contributed by atoms with Gasteiger partial charge in [0, 0.05) is 25.0 Å². The molecule has 1 N–H and O–H groups in total. The highest BCUT2D eigenvalue weighted by molar-refractivity contribution is 5.64. The van der Waals surface area contributed by atoms with Gasteiger partial charge in [0.15, 0.2) is 5.82 Å². The van der Waals surface area contributed by atoms with Gasteiger partial charge in [-0.25, -0.2) is 4.98 Å². The van der Waals surface area contributed by atoms with E-state index >= 15 is 0 Å². The average molecular weight is 272 g/mol. The minimum Gasteiger partial charge on any atom is -0.350 e. The Morgan fingerprint density at radius 1 is 1.25 bits per heavy atom. The van der Waals surface area contributed by atoms with Gasteiger partial charge in [0.05, 0.1) is 0 Å². The molecule has 1 saturated carbocycles. The molecule has 6 nitrogen and oxygen atoms in total. The van der Waals surface area contributed by atoms with Gasteiger partial charge in [-0.15, -0.1) is 10.2 Å². The van der Waals surface area contributed by atoms with E-state index in [9.17, 15) is 0 Å². The van der Waals surface area contributed by atoms with E-state index in [4.69, 9.17) is 0 Å². The first-order valence-electron chi connectivity index (χ1n) is 7.53. The predicted octanol–water partition coefficient (Wildman–Crippen LogP) is 1.09. The van der Waals surface area contributed by atoms with Crippen LogP contribution in [0.5, 0.6) is 0 Å². The van der Waals surface area contributed by atoms with Crippen molar-refractivity contribution in [3.63, 3.8) is 0 Å². The van der Waals surface area contributed by atoms with Crippen LogP contribution in [0.3, 0.4) is 0 Å². The van der Waals surface area contributed by atoms with E-state index in [1.165, 1.54) is 25.7 Å². The van der Waals surface area contributed by atoms with Crippen molar-refractivity contribution in [3.8, 4) is 0 Å². The van der Waals surface area contributed by atoms with E-state index in [-0.39, 0.29) is 0 Å². The van der Waals surface area contributed by atoms with Crippen molar-refractivity contribution in [2.45, 2.75) is 31.7 Å². The lowest BCUT2D eigenvalue weighted by molar-refractivity contribution is 0.372. The Balaban J connectivity index is 1.63. The van der Waals surface area contributed by atoms with Crippen LogP contribution in [0.25, 0.3) is 5.65 Å². The van der Waals surface area contributed by atoms with Crippen molar-refractivity contribution in [2.75, 3.05) is 24.5 Å². The Labute approximate surface area is 118 Å². The van der Waals surface area contributed by atoms with E-state index in [0.717, 1.165) is 37.0 Å². The normalized spacial score (nSPS) is 20.4. The van der Waals surface area contributed by atoms with Crippen LogP contribution in [0, 0.1) is 5.92 Å². The first-order valence-corrected chi connectivity index (χ1v) is 7.53. The molecule has 2 aromatic heterocycles. The molecule has 106 valence electrons. The molecule has 3 heterocycles. The quantitative estimate of drug-likeness (QED) is 0.903. The molecule has 6 heteroatoms. The van der Waals surface area contributed by atoms with E-state index in [2.05, 4.69) is 25.4 Å². The van der Waals surface area contributed by atoms with Gasteiger partial charge in [-0.05, 0) is 44.7 Å². The summed E-state index contributed by atoms with van der Waals surface area (Å²) in [7, 11) is 0. The molecule has 1 saturated heterocycles. The second-order valence-electron chi connectivity index (χ2n) is 5.89. The van der Waals surface area contributed by atoms with Crippen LogP contribution in [-0.4, -0.2) is 45.3 Å². The third-order valence-electron chi connectivity index (χ3n) is 4.37. The SMILES string of the molecule is c1cn2cnnc2c(N(CC2CCNCC2)C2CC2)n1. The summed E-state index contributed by atoms with van der Waals surface area (Å²) < 4.78 is 1.96. The number of piperidine rings is 1. The summed E-state index contributed by atoms with van der Waals surface area (Å²) in [6, 6.07) is 0.653. The lowest BCUT2D eigenvalue weighted by atomic mass is 9.97. The van der Waals surface area contributed by atoms with E-state index in [1.54, 1.807) is 6.33 Å². The van der Waals surface area contributed by atoms with Crippen LogP contribution in [0.2, 0.25) is 0 Å². The van der Waals surface area contributed by atoms with Gasteiger partial charge in [0.2, 0.25) is 5.65 Å². The van der Waals surface area contributed by atoms with Crippen molar-refractivity contribution >= 4 is 11.5 Å². The predicted molar refractivity (Wildman–Crippen MR) is 76.7 cm³/mol. The number of hydrogen-bond acceptors (Lipinski definition) is 5. The van der Waals surface area contributed by atoms with Crippen LogP contribution in [-0.2, 0) is 0 Å². The fourth-order valence-corrected chi connectivity index (χ4v) is 3.08. The Morgan fingerprint density at radius 2 is 2.10 bits per heavy atom. The Morgan fingerprint density at radius 3 is 2.90 bits per heavy atom. The minimum atomic E-state index is 0.653. The number of hydrogen-bond donors (Lipinski definition) is 1. The summed E-state index contributed by atoms with van der Waals surface area (Å²) in [5.41, 5.74) is 0.883. The first-order chi connectivity index (χ1) is 9.92. The highest BCUT2D eigenvalue weighted by atomic mass is 15.3. The van der Waals surface area contributed by atoms with Crippen molar-refractivity contribution in [3.05, 3.63) is 18.7 Å². The molecule has 4 rings (SSSR count). The molecule has 1 aliphatic heterocycles. The molecule has 0 amide bonds. The third-order valence-corrected chi connectivity index (χ3v) is 4.37. The molecule has 0 bridgehead atoms. The second kappa shape index (κ2) is 5.01. The zero-order valence-electron chi connectivity index (χ0n) is 11.6. The van der Waals surface area contributed by atoms with Gasteiger partial charge in [0.1, 0.15) is 6.33 Å². The molecule has 2 fully saturated rings.